The summed E-state index contributed by atoms with van der Waals surface area (Å²) < 4.78 is 0. The quantitative estimate of drug-likeness (QED) is 0.137. The minimum absolute atomic E-state index is 0.0542. The zero-order valence-corrected chi connectivity index (χ0v) is 20.0. The van der Waals surface area contributed by atoms with Gasteiger partial charge in [0.15, 0.2) is 0 Å². The molecule has 0 saturated heterocycles. The zero-order chi connectivity index (χ0) is 26.6. The highest BCUT2D eigenvalue weighted by atomic mass is 16.4. The molecule has 0 aromatic heterocycles. The van der Waals surface area contributed by atoms with Crippen molar-refractivity contribution < 1.29 is 39.0 Å². The molecule has 13 nitrogen and oxygen atoms in total. The third-order valence-corrected chi connectivity index (χ3v) is 4.89. The molecule has 13 heteroatoms. The van der Waals surface area contributed by atoms with Crippen LogP contribution in [0.3, 0.4) is 0 Å². The standard InChI is InChI=1S/C21H37N5O8/c1-10(2)9-14(20(32)26-17(11(3)4)21(33)34)25-19(31)13(6-7-15(23)27)24-18(30)12(22)5-8-16(28)29/h10-14,17H,5-9,22H2,1-4H3,(H2,23,27)(H,24,30)(H,25,31)(H,26,32)(H,28,29)(H,33,34). The second-order valence-corrected chi connectivity index (χ2v) is 8.86. The molecule has 0 saturated carbocycles. The Bertz CT molecular complexity index is 755. The van der Waals surface area contributed by atoms with Crippen LogP contribution >= 0.6 is 0 Å². The Morgan fingerprint density at radius 1 is 0.765 bits per heavy atom. The van der Waals surface area contributed by atoms with Crippen molar-refractivity contribution in [2.24, 2.45) is 23.3 Å². The third-order valence-electron chi connectivity index (χ3n) is 4.89. The number of amides is 4. The van der Waals surface area contributed by atoms with Gasteiger partial charge in [-0.15, -0.1) is 0 Å². The molecule has 0 aromatic rings. The summed E-state index contributed by atoms with van der Waals surface area (Å²) in [7, 11) is 0. The average molecular weight is 488 g/mol. The van der Waals surface area contributed by atoms with E-state index in [9.17, 15) is 33.9 Å². The van der Waals surface area contributed by atoms with Gasteiger partial charge in [-0.05, 0) is 31.1 Å². The Hall–Kier alpha value is -3.22. The summed E-state index contributed by atoms with van der Waals surface area (Å²) >= 11 is 0. The molecule has 9 N–H and O–H groups in total. The molecule has 194 valence electrons. The number of rotatable bonds is 16. The van der Waals surface area contributed by atoms with Gasteiger partial charge in [-0.2, -0.15) is 0 Å². The summed E-state index contributed by atoms with van der Waals surface area (Å²) in [6, 6.07) is -4.77. The van der Waals surface area contributed by atoms with Gasteiger partial charge in [0.2, 0.25) is 23.6 Å². The molecule has 4 amide bonds. The molecule has 0 bridgehead atoms. The first kappa shape index (κ1) is 30.8. The Balaban J connectivity index is 5.54. The molecule has 0 rings (SSSR count). The topological polar surface area (TPSA) is 231 Å². The number of carbonyl (C=O) groups excluding carboxylic acids is 4. The van der Waals surface area contributed by atoms with Crippen LogP contribution in [0.5, 0.6) is 0 Å². The van der Waals surface area contributed by atoms with Crippen LogP contribution in [-0.4, -0.2) is 69.9 Å². The van der Waals surface area contributed by atoms with E-state index in [0.29, 0.717) is 0 Å². The fourth-order valence-corrected chi connectivity index (χ4v) is 2.99. The molecule has 34 heavy (non-hydrogen) atoms. The van der Waals surface area contributed by atoms with Crippen molar-refractivity contribution >= 4 is 35.6 Å². The Morgan fingerprint density at radius 3 is 1.74 bits per heavy atom. The SMILES string of the molecule is CC(C)CC(NC(=O)C(CCC(N)=O)NC(=O)C(N)CCC(=O)O)C(=O)NC(C(=O)O)C(C)C. The van der Waals surface area contributed by atoms with Gasteiger partial charge < -0.3 is 37.6 Å². The molecule has 0 aliphatic heterocycles. The maximum Gasteiger partial charge on any atom is 0.326 e. The number of carboxylic acids is 2. The minimum Gasteiger partial charge on any atom is -0.481 e. The molecular formula is C21H37N5O8. The molecule has 0 aliphatic rings. The largest absolute Gasteiger partial charge is 0.481 e. The average Bonchev–Trinajstić information content (AvgIpc) is 2.70. The second-order valence-electron chi connectivity index (χ2n) is 8.86. The van der Waals surface area contributed by atoms with Gasteiger partial charge in [0.05, 0.1) is 6.04 Å². The molecule has 0 heterocycles. The van der Waals surface area contributed by atoms with Crippen molar-refractivity contribution in [2.45, 2.75) is 84.0 Å². The molecule has 0 aliphatic carbocycles. The van der Waals surface area contributed by atoms with Gasteiger partial charge >= 0.3 is 11.9 Å². The fraction of sp³-hybridized carbons (Fsp3) is 0.714. The first-order valence-electron chi connectivity index (χ1n) is 11.0. The second kappa shape index (κ2) is 14.8. The van der Waals surface area contributed by atoms with Crippen LogP contribution in [0.4, 0.5) is 0 Å². The number of nitrogens with one attached hydrogen (secondary N) is 3. The lowest BCUT2D eigenvalue weighted by molar-refractivity contribution is -0.143. The van der Waals surface area contributed by atoms with E-state index in [0.717, 1.165) is 0 Å². The van der Waals surface area contributed by atoms with E-state index >= 15 is 0 Å². The van der Waals surface area contributed by atoms with Gasteiger partial charge in [0.25, 0.3) is 0 Å². The third kappa shape index (κ3) is 12.1. The van der Waals surface area contributed by atoms with Crippen LogP contribution in [0.15, 0.2) is 0 Å². The fourth-order valence-electron chi connectivity index (χ4n) is 2.99. The minimum atomic E-state index is -1.28. The van der Waals surface area contributed by atoms with Crippen LogP contribution in [0.1, 0.15) is 59.8 Å². The van der Waals surface area contributed by atoms with Crippen LogP contribution < -0.4 is 27.4 Å². The molecule has 4 unspecified atom stereocenters. The molecular weight excluding hydrogens is 450 g/mol. The van der Waals surface area contributed by atoms with Crippen molar-refractivity contribution in [3.8, 4) is 0 Å². The van der Waals surface area contributed by atoms with E-state index in [1.54, 1.807) is 27.7 Å². The number of carboxylic acid groups (broad SMARTS) is 2. The molecule has 0 fully saturated rings. The van der Waals surface area contributed by atoms with Crippen LogP contribution in [0, 0.1) is 11.8 Å². The van der Waals surface area contributed by atoms with Crippen molar-refractivity contribution in [3.63, 3.8) is 0 Å². The summed E-state index contributed by atoms with van der Waals surface area (Å²) in [6.07, 6.45) is -0.785. The van der Waals surface area contributed by atoms with E-state index in [1.807, 2.05) is 0 Å². The molecule has 0 spiro atoms. The number of hydrogen-bond donors (Lipinski definition) is 7. The summed E-state index contributed by atoms with van der Waals surface area (Å²) in [6.45, 7) is 6.85. The Kier molecular flexibility index (Phi) is 13.4. The molecule has 0 radical (unpaired) electrons. The molecule has 4 atom stereocenters. The summed E-state index contributed by atoms with van der Waals surface area (Å²) in [5.41, 5.74) is 10.8. The number of primary amides is 1. The molecule has 0 aromatic carbocycles. The maximum atomic E-state index is 12.9. The van der Waals surface area contributed by atoms with Crippen molar-refractivity contribution in [1.29, 1.82) is 0 Å². The summed E-state index contributed by atoms with van der Waals surface area (Å²) in [5.74, 6) is -5.86. The smallest absolute Gasteiger partial charge is 0.326 e. The monoisotopic (exact) mass is 487 g/mol. The van der Waals surface area contributed by atoms with E-state index in [4.69, 9.17) is 16.6 Å². The number of nitrogens with two attached hydrogens (primary N) is 2. The maximum absolute atomic E-state index is 12.9. The van der Waals surface area contributed by atoms with E-state index in [2.05, 4.69) is 16.0 Å². The van der Waals surface area contributed by atoms with E-state index in [-0.39, 0.29) is 38.0 Å². The zero-order valence-electron chi connectivity index (χ0n) is 20.0. The van der Waals surface area contributed by atoms with Gasteiger partial charge in [-0.25, -0.2) is 4.79 Å². The van der Waals surface area contributed by atoms with Gasteiger partial charge in [-0.1, -0.05) is 27.7 Å². The van der Waals surface area contributed by atoms with Gasteiger partial charge in [-0.3, -0.25) is 24.0 Å². The highest BCUT2D eigenvalue weighted by Gasteiger charge is 2.31. The number of carbonyl (C=O) groups is 6. The van der Waals surface area contributed by atoms with Crippen molar-refractivity contribution in [3.05, 3.63) is 0 Å². The normalized spacial score (nSPS) is 14.6. The lowest BCUT2D eigenvalue weighted by Crippen LogP contribution is -2.58. The lowest BCUT2D eigenvalue weighted by Gasteiger charge is -2.26. The Labute approximate surface area is 198 Å². The first-order valence-corrected chi connectivity index (χ1v) is 11.0. The van der Waals surface area contributed by atoms with Crippen LogP contribution in [0.2, 0.25) is 0 Å². The highest BCUT2D eigenvalue weighted by Crippen LogP contribution is 2.09. The first-order chi connectivity index (χ1) is 15.6. The van der Waals surface area contributed by atoms with E-state index < -0.39 is 65.7 Å². The van der Waals surface area contributed by atoms with Crippen molar-refractivity contribution in [1.82, 2.24) is 16.0 Å². The van der Waals surface area contributed by atoms with Crippen LogP contribution in [0.25, 0.3) is 0 Å². The van der Waals surface area contributed by atoms with E-state index in [1.165, 1.54) is 0 Å². The lowest BCUT2D eigenvalue weighted by atomic mass is 9.99. The number of aliphatic carboxylic acids is 2. The summed E-state index contributed by atoms with van der Waals surface area (Å²) in [5, 5.41) is 25.4. The Morgan fingerprint density at radius 2 is 1.29 bits per heavy atom. The summed E-state index contributed by atoms with van der Waals surface area (Å²) in [4.78, 5) is 71.4. The van der Waals surface area contributed by atoms with Gasteiger partial charge in [0, 0.05) is 12.8 Å². The number of hydrogen-bond acceptors (Lipinski definition) is 7. The van der Waals surface area contributed by atoms with Crippen molar-refractivity contribution in [2.75, 3.05) is 0 Å². The highest BCUT2D eigenvalue weighted by molar-refractivity contribution is 5.94. The van der Waals surface area contributed by atoms with Gasteiger partial charge in [0.1, 0.15) is 18.1 Å². The van der Waals surface area contributed by atoms with Crippen LogP contribution in [-0.2, 0) is 28.8 Å². The predicted molar refractivity (Wildman–Crippen MR) is 121 cm³/mol. The predicted octanol–water partition coefficient (Wildman–Crippen LogP) is -1.31.